The monoisotopic (exact) mass is 333 g/mol. The third-order valence-corrected chi connectivity index (χ3v) is 4.07. The summed E-state index contributed by atoms with van der Waals surface area (Å²) >= 11 is 0. The van der Waals surface area contributed by atoms with Gasteiger partial charge in [0.15, 0.2) is 0 Å². The van der Waals surface area contributed by atoms with Gasteiger partial charge in [-0.05, 0) is 17.7 Å². The Labute approximate surface area is 139 Å². The van der Waals surface area contributed by atoms with Gasteiger partial charge in [-0.1, -0.05) is 17.2 Å². The number of anilines is 1. The maximum atomic E-state index is 13.8. The Morgan fingerprint density at radius 3 is 2.79 bits per heavy atom. The first-order valence-electron chi connectivity index (χ1n) is 7.83. The van der Waals surface area contributed by atoms with Gasteiger partial charge in [0.25, 0.3) is 0 Å². The zero-order chi connectivity index (χ0) is 17.1. The minimum absolute atomic E-state index is 0.0373. The molecule has 7 nitrogen and oxygen atoms in total. The fraction of sp³-hybridized carbons (Fsp3) is 0.438. The number of alkyl halides is 1. The predicted molar refractivity (Wildman–Crippen MR) is 86.3 cm³/mol. The fourth-order valence-corrected chi connectivity index (χ4v) is 2.86. The molecule has 1 saturated heterocycles. The SMILES string of the molecule is Cc1nnc(N2C[C@@H](F)C[C@H]2CNCc2ccc(C(N)=O)cc2)o1. The van der Waals surface area contributed by atoms with E-state index < -0.39 is 12.1 Å². The van der Waals surface area contributed by atoms with Crippen molar-refractivity contribution in [2.24, 2.45) is 5.73 Å². The number of carbonyl (C=O) groups excluding carboxylic acids is 1. The molecule has 2 heterocycles. The van der Waals surface area contributed by atoms with Crippen LogP contribution in [0.2, 0.25) is 0 Å². The van der Waals surface area contributed by atoms with E-state index in [4.69, 9.17) is 10.2 Å². The van der Waals surface area contributed by atoms with Gasteiger partial charge in [0.2, 0.25) is 11.8 Å². The maximum absolute atomic E-state index is 13.8. The van der Waals surface area contributed by atoms with Crippen LogP contribution >= 0.6 is 0 Å². The first-order valence-corrected chi connectivity index (χ1v) is 7.83. The van der Waals surface area contributed by atoms with E-state index in [1.165, 1.54) is 0 Å². The van der Waals surface area contributed by atoms with Gasteiger partial charge in [-0.25, -0.2) is 4.39 Å². The average Bonchev–Trinajstić information content (AvgIpc) is 3.13. The molecule has 2 aromatic rings. The Morgan fingerprint density at radius 1 is 1.42 bits per heavy atom. The van der Waals surface area contributed by atoms with Crippen LogP contribution in [0.25, 0.3) is 0 Å². The zero-order valence-electron chi connectivity index (χ0n) is 13.4. The molecule has 0 unspecified atom stereocenters. The van der Waals surface area contributed by atoms with Crippen LogP contribution in [0.5, 0.6) is 0 Å². The van der Waals surface area contributed by atoms with Crippen molar-refractivity contribution in [3.63, 3.8) is 0 Å². The van der Waals surface area contributed by atoms with E-state index in [0.29, 0.717) is 37.0 Å². The summed E-state index contributed by atoms with van der Waals surface area (Å²) in [7, 11) is 0. The first-order chi connectivity index (χ1) is 11.5. The van der Waals surface area contributed by atoms with Gasteiger partial charge in [-0.2, -0.15) is 0 Å². The van der Waals surface area contributed by atoms with Crippen LogP contribution in [0.15, 0.2) is 28.7 Å². The largest absolute Gasteiger partial charge is 0.408 e. The number of nitrogens with zero attached hydrogens (tertiary/aromatic N) is 3. The van der Waals surface area contributed by atoms with Crippen molar-refractivity contribution in [3.05, 3.63) is 41.3 Å². The average molecular weight is 333 g/mol. The number of carbonyl (C=O) groups is 1. The Bertz CT molecular complexity index is 703. The molecule has 1 aliphatic heterocycles. The van der Waals surface area contributed by atoms with Crippen molar-refractivity contribution in [3.8, 4) is 0 Å². The number of nitrogens with one attached hydrogen (secondary N) is 1. The fourth-order valence-electron chi connectivity index (χ4n) is 2.86. The maximum Gasteiger partial charge on any atom is 0.318 e. The van der Waals surface area contributed by atoms with Crippen LogP contribution < -0.4 is 16.0 Å². The number of benzene rings is 1. The van der Waals surface area contributed by atoms with Crippen LogP contribution in [0.3, 0.4) is 0 Å². The van der Waals surface area contributed by atoms with Crippen molar-refractivity contribution < 1.29 is 13.6 Å². The summed E-state index contributed by atoms with van der Waals surface area (Å²) < 4.78 is 19.2. The van der Waals surface area contributed by atoms with Gasteiger partial charge in [0, 0.05) is 38.0 Å². The van der Waals surface area contributed by atoms with E-state index in [2.05, 4.69) is 15.5 Å². The molecule has 0 radical (unpaired) electrons. The minimum atomic E-state index is -0.904. The standard InChI is InChI=1S/C16H20FN5O2/c1-10-20-21-16(24-10)22-9-13(17)6-14(22)8-19-7-11-2-4-12(5-3-11)15(18)23/h2-5,13-14,19H,6-9H2,1H3,(H2,18,23)/t13-,14-/m0/s1. The number of halogens is 1. The van der Waals surface area contributed by atoms with Crippen molar-refractivity contribution in [2.75, 3.05) is 18.0 Å². The molecule has 1 aromatic carbocycles. The number of aromatic nitrogens is 2. The van der Waals surface area contributed by atoms with Crippen LogP contribution in [0, 0.1) is 6.92 Å². The molecular weight excluding hydrogens is 313 g/mol. The second-order valence-electron chi connectivity index (χ2n) is 5.93. The number of rotatable bonds is 6. The Balaban J connectivity index is 1.56. The number of amides is 1. The molecule has 0 saturated carbocycles. The summed E-state index contributed by atoms with van der Waals surface area (Å²) in [6.07, 6.45) is -0.478. The minimum Gasteiger partial charge on any atom is -0.408 e. The summed E-state index contributed by atoms with van der Waals surface area (Å²) in [5, 5.41) is 11.1. The molecule has 3 N–H and O–H groups in total. The molecular formula is C16H20FN5O2. The van der Waals surface area contributed by atoms with E-state index in [1.807, 2.05) is 17.0 Å². The molecule has 1 aromatic heterocycles. The quantitative estimate of drug-likeness (QED) is 0.824. The molecule has 0 aliphatic carbocycles. The lowest BCUT2D eigenvalue weighted by Gasteiger charge is -2.22. The Morgan fingerprint density at radius 2 is 2.17 bits per heavy atom. The summed E-state index contributed by atoms with van der Waals surface area (Å²) in [6.45, 7) is 3.19. The molecule has 1 amide bonds. The van der Waals surface area contributed by atoms with Gasteiger partial charge in [0.05, 0.1) is 6.54 Å². The van der Waals surface area contributed by atoms with Crippen LogP contribution in [-0.2, 0) is 6.54 Å². The molecule has 3 rings (SSSR count). The number of nitrogens with two attached hydrogens (primary N) is 1. The number of hydrogen-bond acceptors (Lipinski definition) is 6. The van der Waals surface area contributed by atoms with Gasteiger partial charge >= 0.3 is 6.01 Å². The molecule has 8 heteroatoms. The number of hydrogen-bond donors (Lipinski definition) is 2. The lowest BCUT2D eigenvalue weighted by atomic mass is 10.1. The van der Waals surface area contributed by atoms with Crippen molar-refractivity contribution in [1.82, 2.24) is 15.5 Å². The highest BCUT2D eigenvalue weighted by Crippen LogP contribution is 2.25. The number of aryl methyl sites for hydroxylation is 1. The van der Waals surface area contributed by atoms with Gasteiger partial charge in [-0.3, -0.25) is 4.79 Å². The first kappa shape index (κ1) is 16.4. The summed E-state index contributed by atoms with van der Waals surface area (Å²) in [4.78, 5) is 12.9. The predicted octanol–water partition coefficient (Wildman–Crippen LogP) is 1.18. The van der Waals surface area contributed by atoms with E-state index >= 15 is 0 Å². The van der Waals surface area contributed by atoms with Crippen molar-refractivity contribution >= 4 is 11.9 Å². The second-order valence-corrected chi connectivity index (χ2v) is 5.93. The third-order valence-electron chi connectivity index (χ3n) is 4.07. The molecule has 1 aliphatic rings. The number of primary amides is 1. The third kappa shape index (κ3) is 3.70. The van der Waals surface area contributed by atoms with Crippen molar-refractivity contribution in [1.29, 1.82) is 0 Å². The highest BCUT2D eigenvalue weighted by atomic mass is 19.1. The van der Waals surface area contributed by atoms with Crippen LogP contribution in [-0.4, -0.2) is 41.4 Å². The normalized spacial score (nSPS) is 20.5. The van der Waals surface area contributed by atoms with Gasteiger partial charge < -0.3 is 20.4 Å². The molecule has 1 fully saturated rings. The van der Waals surface area contributed by atoms with Crippen LogP contribution in [0.1, 0.15) is 28.2 Å². The highest BCUT2D eigenvalue weighted by Gasteiger charge is 2.34. The van der Waals surface area contributed by atoms with Gasteiger partial charge in [0.1, 0.15) is 6.17 Å². The van der Waals surface area contributed by atoms with E-state index in [9.17, 15) is 9.18 Å². The Kier molecular flexibility index (Phi) is 4.75. The molecule has 0 bridgehead atoms. The summed E-state index contributed by atoms with van der Waals surface area (Å²) in [5.74, 6) is 0.0218. The lowest BCUT2D eigenvalue weighted by Crippen LogP contribution is -2.38. The zero-order valence-corrected chi connectivity index (χ0v) is 13.4. The lowest BCUT2D eigenvalue weighted by molar-refractivity contribution is 0.100. The smallest absolute Gasteiger partial charge is 0.318 e. The van der Waals surface area contributed by atoms with Gasteiger partial charge in [-0.15, -0.1) is 5.10 Å². The molecule has 2 atom stereocenters. The summed E-state index contributed by atoms with van der Waals surface area (Å²) in [6, 6.07) is 7.41. The molecule has 128 valence electrons. The van der Waals surface area contributed by atoms with Crippen molar-refractivity contribution in [2.45, 2.75) is 32.1 Å². The van der Waals surface area contributed by atoms with E-state index in [0.717, 1.165) is 5.56 Å². The Hall–Kier alpha value is -2.48. The van der Waals surface area contributed by atoms with E-state index in [1.54, 1.807) is 19.1 Å². The molecule has 0 spiro atoms. The highest BCUT2D eigenvalue weighted by molar-refractivity contribution is 5.92. The molecule has 24 heavy (non-hydrogen) atoms. The second kappa shape index (κ2) is 6.96. The topological polar surface area (TPSA) is 97.3 Å². The summed E-state index contributed by atoms with van der Waals surface area (Å²) in [5.41, 5.74) is 6.72. The van der Waals surface area contributed by atoms with E-state index in [-0.39, 0.29) is 12.6 Å². The van der Waals surface area contributed by atoms with Crippen LogP contribution in [0.4, 0.5) is 10.4 Å².